The number of rotatable bonds is 0. The lowest BCUT2D eigenvalue weighted by molar-refractivity contribution is 1.09. The number of nitrogens with zero attached hydrogens (tertiary/aromatic N) is 1. The van der Waals surface area contributed by atoms with E-state index >= 15 is 0 Å². The van der Waals surface area contributed by atoms with E-state index in [1.54, 1.807) is 0 Å². The van der Waals surface area contributed by atoms with Gasteiger partial charge in [-0.25, -0.2) is 0 Å². The van der Waals surface area contributed by atoms with Crippen molar-refractivity contribution in [2.24, 2.45) is 4.99 Å². The van der Waals surface area contributed by atoms with Gasteiger partial charge in [0.2, 0.25) is 0 Å². The van der Waals surface area contributed by atoms with Crippen LogP contribution in [0.15, 0.2) is 23.2 Å². The number of aliphatic imine (C=N–C) groups is 1. The Hall–Kier alpha value is -1.18. The predicted molar refractivity (Wildman–Crippen MR) is 45.0 cm³/mol. The second kappa shape index (κ2) is 2.82. The molecule has 0 N–H and O–H groups in total. The highest BCUT2D eigenvalue weighted by Gasteiger charge is 2.06. The average molecular weight is 151 g/mol. The first-order valence-electron chi connectivity index (χ1n) is 3.46. The van der Waals surface area contributed by atoms with Gasteiger partial charge in [0.15, 0.2) is 0 Å². The molecule has 2 rings (SSSR count). The first-order chi connectivity index (χ1) is 4.88. The van der Waals surface area contributed by atoms with E-state index in [1.807, 2.05) is 6.21 Å². The molecule has 0 radical (unpaired) electrons. The molecule has 0 spiro atoms. The number of halogens is 1. The molecule has 0 aliphatic carbocycles. The molecule has 0 atom stereocenters. The third-order valence-electron chi connectivity index (χ3n) is 1.93. The Labute approximate surface area is 65.1 Å². The lowest BCUT2D eigenvalue weighted by Crippen LogP contribution is -1.86. The molecule has 0 unspecified atom stereocenters. The average Bonchev–Trinajstić information content (AvgIpc) is 2.36. The van der Waals surface area contributed by atoms with E-state index < -0.39 is 0 Å². The van der Waals surface area contributed by atoms with Crippen molar-refractivity contribution in [3.05, 3.63) is 34.9 Å². The summed E-state index contributed by atoms with van der Waals surface area (Å²) >= 11 is 0. The maximum absolute atomic E-state index is 4.19. The Kier molecular flexibility index (Phi) is 2.03. The Morgan fingerprint density at radius 3 is 2.91 bits per heavy atom. The molecule has 0 amide bonds. The minimum absolute atomic E-state index is 0. The fourth-order valence-electron chi connectivity index (χ4n) is 1.30. The smallest absolute Gasteiger partial charge is 0.0648 e. The van der Waals surface area contributed by atoms with Crippen molar-refractivity contribution in [3.8, 4) is 0 Å². The summed E-state index contributed by atoms with van der Waals surface area (Å²) in [5.41, 5.74) is 4.04. The second-order valence-corrected chi connectivity index (χ2v) is 2.61. The van der Waals surface area contributed by atoms with Crippen LogP contribution in [0.1, 0.15) is 16.7 Å². The molecule has 11 heavy (non-hydrogen) atoms. The minimum Gasteiger partial charge on any atom is -0.288 e. The van der Waals surface area contributed by atoms with Gasteiger partial charge in [0.05, 0.1) is 6.54 Å². The van der Waals surface area contributed by atoms with Gasteiger partial charge in [-0.05, 0) is 23.6 Å². The zero-order valence-electron chi connectivity index (χ0n) is 6.37. The highest BCUT2D eigenvalue weighted by atomic mass is 19.0. The monoisotopic (exact) mass is 151 g/mol. The van der Waals surface area contributed by atoms with Crippen molar-refractivity contribution >= 4 is 6.21 Å². The van der Waals surface area contributed by atoms with Gasteiger partial charge in [-0.1, -0.05) is 18.2 Å². The highest BCUT2D eigenvalue weighted by molar-refractivity contribution is 5.84. The fraction of sp³-hybridized carbons (Fsp3) is 0.222. The van der Waals surface area contributed by atoms with Crippen LogP contribution in [0.3, 0.4) is 0 Å². The zero-order valence-corrected chi connectivity index (χ0v) is 6.37. The first kappa shape index (κ1) is 7.92. The van der Waals surface area contributed by atoms with Crippen molar-refractivity contribution in [3.63, 3.8) is 0 Å². The maximum Gasteiger partial charge on any atom is 0.0648 e. The van der Waals surface area contributed by atoms with Gasteiger partial charge in [0.25, 0.3) is 0 Å². The zero-order chi connectivity index (χ0) is 6.97. The third kappa shape index (κ3) is 1.16. The molecule has 1 aromatic rings. The molecule has 1 heterocycles. The second-order valence-electron chi connectivity index (χ2n) is 2.61. The van der Waals surface area contributed by atoms with Gasteiger partial charge in [-0.3, -0.25) is 9.70 Å². The van der Waals surface area contributed by atoms with Crippen LogP contribution in [-0.4, -0.2) is 6.21 Å². The summed E-state index contributed by atoms with van der Waals surface area (Å²) in [5.74, 6) is 0. The van der Waals surface area contributed by atoms with E-state index in [1.165, 1.54) is 16.7 Å². The molecule has 58 valence electrons. The molecule has 0 saturated heterocycles. The van der Waals surface area contributed by atoms with Crippen molar-refractivity contribution in [2.45, 2.75) is 13.5 Å². The van der Waals surface area contributed by atoms with Crippen LogP contribution in [0.2, 0.25) is 0 Å². The molecule has 1 nitrogen and oxygen atoms in total. The van der Waals surface area contributed by atoms with Gasteiger partial charge in [0, 0.05) is 6.21 Å². The number of hydrogen-bond donors (Lipinski definition) is 0. The minimum atomic E-state index is 0. The molecule has 0 fully saturated rings. The van der Waals surface area contributed by atoms with Crippen LogP contribution in [0.5, 0.6) is 0 Å². The number of aryl methyl sites for hydroxylation is 1. The van der Waals surface area contributed by atoms with E-state index in [4.69, 9.17) is 0 Å². The molecular formula is C9H10FN. The molecule has 0 bridgehead atoms. The molecule has 1 aromatic carbocycles. The summed E-state index contributed by atoms with van der Waals surface area (Å²) in [5, 5.41) is 0. The van der Waals surface area contributed by atoms with Gasteiger partial charge in [-0.2, -0.15) is 0 Å². The van der Waals surface area contributed by atoms with Crippen LogP contribution < -0.4 is 0 Å². The van der Waals surface area contributed by atoms with Gasteiger partial charge in [-0.15, -0.1) is 0 Å². The summed E-state index contributed by atoms with van der Waals surface area (Å²) in [7, 11) is 0. The van der Waals surface area contributed by atoms with Gasteiger partial charge < -0.3 is 0 Å². The lowest BCUT2D eigenvalue weighted by atomic mass is 10.1. The van der Waals surface area contributed by atoms with Crippen LogP contribution in [0.25, 0.3) is 0 Å². The van der Waals surface area contributed by atoms with Crippen LogP contribution in [-0.2, 0) is 6.54 Å². The van der Waals surface area contributed by atoms with E-state index in [9.17, 15) is 0 Å². The van der Waals surface area contributed by atoms with Crippen molar-refractivity contribution in [1.29, 1.82) is 0 Å². The Bertz CT molecular complexity index is 292. The topological polar surface area (TPSA) is 12.4 Å². The molecule has 1 aliphatic rings. The third-order valence-corrected chi connectivity index (χ3v) is 1.93. The quantitative estimate of drug-likeness (QED) is 0.538. The molecular weight excluding hydrogens is 141 g/mol. The Balaban J connectivity index is 0.000000605. The van der Waals surface area contributed by atoms with E-state index in [0.29, 0.717) is 0 Å². The summed E-state index contributed by atoms with van der Waals surface area (Å²) in [6, 6.07) is 6.32. The standard InChI is InChI=1S/C9H9N.FH/c1-7-3-2-4-8-5-10-6-9(7)8;/h2-5H,6H2,1H3;1H. The maximum atomic E-state index is 4.19. The summed E-state index contributed by atoms with van der Waals surface area (Å²) < 4.78 is 0. The largest absolute Gasteiger partial charge is 0.288 e. The van der Waals surface area contributed by atoms with Crippen LogP contribution in [0, 0.1) is 6.92 Å². The molecule has 0 saturated carbocycles. The summed E-state index contributed by atoms with van der Waals surface area (Å²) in [6.07, 6.45) is 1.95. The first-order valence-corrected chi connectivity index (χ1v) is 3.46. The lowest BCUT2D eigenvalue weighted by Gasteiger charge is -1.99. The van der Waals surface area contributed by atoms with Crippen molar-refractivity contribution in [1.82, 2.24) is 0 Å². The normalized spacial score (nSPS) is 12.5. The molecule has 2 heteroatoms. The Morgan fingerprint density at radius 1 is 1.36 bits per heavy atom. The van der Waals surface area contributed by atoms with Crippen LogP contribution in [0.4, 0.5) is 4.70 Å². The predicted octanol–water partition coefficient (Wildman–Crippen LogP) is 2.08. The number of fused-ring (bicyclic) bond motifs is 1. The van der Waals surface area contributed by atoms with Crippen molar-refractivity contribution < 1.29 is 4.70 Å². The summed E-state index contributed by atoms with van der Waals surface area (Å²) in [6.45, 7) is 3.01. The SMILES string of the molecule is Cc1cccc2c1CN=C2.F. The van der Waals surface area contributed by atoms with Crippen LogP contribution >= 0.6 is 0 Å². The van der Waals surface area contributed by atoms with Crippen molar-refractivity contribution in [2.75, 3.05) is 0 Å². The van der Waals surface area contributed by atoms with Gasteiger partial charge in [0.1, 0.15) is 0 Å². The fourth-order valence-corrected chi connectivity index (χ4v) is 1.30. The van der Waals surface area contributed by atoms with E-state index in [2.05, 4.69) is 30.1 Å². The Morgan fingerprint density at radius 2 is 2.18 bits per heavy atom. The van der Waals surface area contributed by atoms with Gasteiger partial charge >= 0.3 is 0 Å². The number of hydrogen-bond acceptors (Lipinski definition) is 1. The molecule has 1 aliphatic heterocycles. The molecule has 0 aromatic heterocycles. The number of benzene rings is 1. The van der Waals surface area contributed by atoms with E-state index in [-0.39, 0.29) is 4.70 Å². The summed E-state index contributed by atoms with van der Waals surface area (Å²) in [4.78, 5) is 4.19. The highest BCUT2D eigenvalue weighted by Crippen LogP contribution is 2.17. The van der Waals surface area contributed by atoms with E-state index in [0.717, 1.165) is 6.54 Å².